The zero-order chi connectivity index (χ0) is 76.6. The number of nitrogens with one attached hydrogen (secondary N) is 8. The second-order valence-electron chi connectivity index (χ2n) is 29.4. The molecule has 584 valence electrons. The minimum absolute atomic E-state index is 0. The van der Waals surface area contributed by atoms with Gasteiger partial charge in [-0.25, -0.2) is 24.9 Å². The summed E-state index contributed by atoms with van der Waals surface area (Å²) in [5.74, 6) is 4.36. The van der Waals surface area contributed by atoms with Crippen molar-refractivity contribution in [3.8, 4) is 24.3 Å². The van der Waals surface area contributed by atoms with Crippen molar-refractivity contribution in [2.24, 2.45) is 27.6 Å². The van der Waals surface area contributed by atoms with Crippen LogP contribution in [0.15, 0.2) is 86.2 Å². The molecule has 0 amide bonds. The van der Waals surface area contributed by atoms with E-state index in [1.807, 2.05) is 84.9 Å². The molecule has 30 nitrogen and oxygen atoms in total. The first-order chi connectivity index (χ1) is 50.4. The van der Waals surface area contributed by atoms with E-state index in [4.69, 9.17) is 0 Å². The van der Waals surface area contributed by atoms with Crippen LogP contribution >= 0.6 is 0 Å². The largest absolute Gasteiger partial charge is 0.435 e. The second kappa shape index (κ2) is 37.0. The van der Waals surface area contributed by atoms with E-state index in [1.54, 1.807) is 36.5 Å². The highest BCUT2D eigenvalue weighted by atomic mass is 19.4. The molecule has 0 radical (unpaired) electrons. The molecular formula is C75H110F3N27O3. The van der Waals surface area contributed by atoms with Crippen LogP contribution in [0.2, 0.25) is 0 Å². The van der Waals surface area contributed by atoms with Crippen LogP contribution in [0.4, 0.5) is 60.2 Å². The van der Waals surface area contributed by atoms with Gasteiger partial charge in [0.15, 0.2) is 5.69 Å². The highest BCUT2D eigenvalue weighted by Gasteiger charge is 2.50. The maximum Gasteiger partial charge on any atom is 0.435 e. The molecule has 8 aromatic heterocycles. The van der Waals surface area contributed by atoms with Crippen molar-refractivity contribution in [2.45, 2.75) is 204 Å². The first kappa shape index (κ1) is 84.3. The van der Waals surface area contributed by atoms with Crippen LogP contribution in [0.1, 0.15) is 172 Å². The van der Waals surface area contributed by atoms with E-state index in [9.17, 15) is 49.5 Å². The lowest BCUT2D eigenvalue weighted by Crippen LogP contribution is -2.57. The number of alkyl halides is 3. The van der Waals surface area contributed by atoms with Gasteiger partial charge in [0, 0.05) is 115 Å². The van der Waals surface area contributed by atoms with E-state index < -0.39 is 18.0 Å². The Bertz CT molecular complexity index is 4440. The van der Waals surface area contributed by atoms with E-state index in [2.05, 4.69) is 147 Å². The van der Waals surface area contributed by atoms with E-state index in [0.717, 1.165) is 48.7 Å². The average Bonchev–Trinajstić information content (AvgIpc) is 0.915. The van der Waals surface area contributed by atoms with Crippen molar-refractivity contribution in [1.82, 2.24) is 74.4 Å². The number of rotatable bonds is 24. The number of aliphatic hydroxyl groups is 3. The molecule has 0 unspecified atom stereocenters. The molecule has 0 bridgehead atoms. The Kier molecular flexibility index (Phi) is 28.9. The highest BCUT2D eigenvalue weighted by molar-refractivity contribution is 5.58. The molecule has 8 atom stereocenters. The number of hydrogen-bond acceptors (Lipinski definition) is 28. The number of anilines is 8. The Morgan fingerprint density at radius 1 is 0.565 bits per heavy atom. The van der Waals surface area contributed by atoms with Crippen molar-refractivity contribution in [3.63, 3.8) is 0 Å². The van der Waals surface area contributed by atoms with Crippen molar-refractivity contribution in [2.75, 3.05) is 68.7 Å². The number of halogens is 3. The molecule has 8 heterocycles. The van der Waals surface area contributed by atoms with Crippen LogP contribution < -0.4 is 42.5 Å². The Labute approximate surface area is 635 Å². The molecular weight excluding hydrogens is 1380 g/mol. The van der Waals surface area contributed by atoms with Gasteiger partial charge in [-0.2, -0.15) is 64.4 Å². The van der Waals surface area contributed by atoms with Gasteiger partial charge in [-0.1, -0.05) is 89.3 Å². The fraction of sp³-hybridized carbons (Fsp3) is 0.533. The molecule has 108 heavy (non-hydrogen) atoms. The third-order valence-electron chi connectivity index (χ3n) is 20.7. The lowest BCUT2D eigenvalue weighted by molar-refractivity contribution is -0.141. The smallest absolute Gasteiger partial charge is 0.392 e. The van der Waals surface area contributed by atoms with Crippen molar-refractivity contribution in [3.05, 3.63) is 137 Å². The van der Waals surface area contributed by atoms with E-state index >= 15 is 0 Å². The summed E-state index contributed by atoms with van der Waals surface area (Å²) in [6.45, 7) is 25.4. The minimum atomic E-state index is -4.48. The quantitative estimate of drug-likeness (QED) is 0.0268. The van der Waals surface area contributed by atoms with Crippen molar-refractivity contribution in [1.29, 1.82) is 21.0 Å². The molecule has 4 aliphatic rings. The second-order valence-corrected chi connectivity index (χ2v) is 29.4. The fourth-order valence-corrected chi connectivity index (χ4v) is 12.4. The molecule has 0 aromatic carbocycles. The van der Waals surface area contributed by atoms with Gasteiger partial charge in [0.05, 0.1) is 56.2 Å². The lowest BCUT2D eigenvalue weighted by atomic mass is 9.64. The summed E-state index contributed by atoms with van der Waals surface area (Å²) in [6.07, 6.45) is 13.8. The SMILES string of the molecule is C.C.CC1(C)[C@@H](O)C[C@H]1Nc1nc(NCCc2ccccn2)ncc1C#N.C[C@H]1CC[C@@H](Nc2nc(NCCn3cncn3)ncc2C#N)CC1(C)C.Cc1cc(C(F)(F)F)nn1CCNc1ncc(C#N)c(N[C@@H]2C[C@H](O)C2(C)C)n1.Cc1cccnc1CCNc1ncc(C#N)c(N[C@@H]2C[C@H](O)C2(C)C)n1.[HH].[HH].[HH].[HH]. The van der Waals surface area contributed by atoms with Crippen molar-refractivity contribution >= 4 is 47.1 Å². The molecule has 0 aliphatic heterocycles. The summed E-state index contributed by atoms with van der Waals surface area (Å²) in [5.41, 5.74) is 3.64. The van der Waals surface area contributed by atoms with Gasteiger partial charge in [-0.05, 0) is 93.5 Å². The average molecular weight is 1490 g/mol. The normalized spacial score (nSPS) is 20.6. The molecule has 0 saturated heterocycles. The number of nitriles is 4. The van der Waals surface area contributed by atoms with Crippen LogP contribution in [0.3, 0.4) is 0 Å². The first-order valence-electron chi connectivity index (χ1n) is 35.3. The Morgan fingerprint density at radius 2 is 1.01 bits per heavy atom. The van der Waals surface area contributed by atoms with Crippen LogP contribution in [0.25, 0.3) is 0 Å². The van der Waals surface area contributed by atoms with E-state index in [1.165, 1.54) is 36.0 Å². The molecule has 4 fully saturated rings. The predicted octanol–water partition coefficient (Wildman–Crippen LogP) is 11.7. The molecule has 11 N–H and O–H groups in total. The summed E-state index contributed by atoms with van der Waals surface area (Å²) in [4.78, 5) is 47.0. The van der Waals surface area contributed by atoms with Gasteiger partial charge in [0.1, 0.15) is 82.5 Å². The number of aromatic nitrogens is 15. The fourth-order valence-electron chi connectivity index (χ4n) is 12.4. The zero-order valence-corrected chi connectivity index (χ0v) is 61.6. The molecule has 33 heteroatoms. The number of hydrogen-bond donors (Lipinski definition) is 11. The summed E-state index contributed by atoms with van der Waals surface area (Å²) in [6, 6.07) is 19.6. The van der Waals surface area contributed by atoms with Gasteiger partial charge in [0.2, 0.25) is 23.8 Å². The molecule has 12 rings (SSSR count). The third kappa shape index (κ3) is 21.6. The monoisotopic (exact) mass is 1490 g/mol. The van der Waals surface area contributed by atoms with Gasteiger partial charge < -0.3 is 57.9 Å². The maximum absolute atomic E-state index is 12.7. The molecule has 4 saturated carbocycles. The summed E-state index contributed by atoms with van der Waals surface area (Å²) in [7, 11) is 0. The van der Waals surface area contributed by atoms with Gasteiger partial charge in [0.25, 0.3) is 0 Å². The van der Waals surface area contributed by atoms with E-state index in [0.29, 0.717) is 121 Å². The van der Waals surface area contributed by atoms with Crippen LogP contribution in [-0.2, 0) is 32.1 Å². The van der Waals surface area contributed by atoms with Gasteiger partial charge in [-0.3, -0.25) is 19.3 Å². The summed E-state index contributed by atoms with van der Waals surface area (Å²) in [5, 5.41) is 100. The zero-order valence-electron chi connectivity index (χ0n) is 61.6. The molecule has 4 aliphatic carbocycles. The minimum Gasteiger partial charge on any atom is -0.392 e. The van der Waals surface area contributed by atoms with Crippen LogP contribution in [0.5, 0.6) is 0 Å². The topological polar surface area (TPSA) is 430 Å². The number of aliphatic hydroxyl groups excluding tert-OH is 3. The number of nitrogens with zero attached hydrogens (tertiary/aromatic N) is 19. The standard InChI is InChI=1S/C19H24N6O.C18H22F3N7O.C18H26N8.C18H22N6O.2CH4.4H2/c1-12-5-4-7-21-14(12)6-8-22-18-23-11-13(10-20)17(25-18)24-15-9-16(26)19(15,2)3;1-10-6-13(18(19,20)21)27-28(10)5-4-23-16-24-9-11(8-22)15(26-16)25-12-7-14(29)17(12,2)3;1-13-4-5-15(8-18(13,2)3)24-16-14(9-19)10-22-17(25-16)21-6-7-26-12-20-11-23-26;1-18(2)14(9-15(18)25)23-16-12(10-19)11-22-17(24-16)21-8-6-13-5-3-4-7-20-13;;;;;;/h4-5,7,11,15-16,26H,6,8-9H2,1-3H3,(H2,22,23,24,25);6,9,12,14,29H,4-5,7H2,1-3H3,(H2,23,24,25,26);10-13,15H,4-8H2,1-3H3,(H2,21,22,24,25);3-5,7,11,14-15,25H,6,8-9H2,1-2H3,(H2,21,22,23,24);2*1H4;4*1H/t15-,16+;12-,14+;13-,15+;14-,15+;;;;;;/m1101....../s1. The van der Waals surface area contributed by atoms with Gasteiger partial charge in [-0.15, -0.1) is 0 Å². The third-order valence-corrected chi connectivity index (χ3v) is 20.7. The van der Waals surface area contributed by atoms with Crippen LogP contribution in [-0.4, -0.2) is 158 Å². The van der Waals surface area contributed by atoms with E-state index in [-0.39, 0.29) is 97.2 Å². The molecule has 8 aromatic rings. The van der Waals surface area contributed by atoms with Crippen molar-refractivity contribution < 1.29 is 34.2 Å². The summed E-state index contributed by atoms with van der Waals surface area (Å²) >= 11 is 0. The Morgan fingerprint density at radius 3 is 1.40 bits per heavy atom. The van der Waals surface area contributed by atoms with Crippen LogP contribution in [0, 0.1) is 86.7 Å². The molecule has 0 spiro atoms. The Hall–Kier alpha value is -11.0. The Balaban J connectivity index is 0.000000380. The maximum atomic E-state index is 12.7. The lowest BCUT2D eigenvalue weighted by Gasteiger charge is -2.49. The summed E-state index contributed by atoms with van der Waals surface area (Å²) < 4.78 is 41.2. The first-order valence-corrected chi connectivity index (χ1v) is 35.3. The number of pyridine rings is 2. The van der Waals surface area contributed by atoms with Gasteiger partial charge >= 0.3 is 6.18 Å². The highest BCUT2D eigenvalue weighted by Crippen LogP contribution is 2.45. The number of aryl methyl sites for hydroxylation is 2. The predicted molar refractivity (Wildman–Crippen MR) is 415 cm³/mol.